The number of benzene rings is 2. The van der Waals surface area contributed by atoms with Crippen molar-refractivity contribution < 1.29 is 45.6 Å². The minimum absolute atomic E-state index is 0. The van der Waals surface area contributed by atoms with Crippen LogP contribution in [-0.2, 0) is 33.2 Å². The van der Waals surface area contributed by atoms with E-state index in [1.165, 1.54) is 12.8 Å². The second kappa shape index (κ2) is 32.3. The van der Waals surface area contributed by atoms with E-state index in [4.69, 9.17) is 43.4 Å². The number of carbonyl (C=O) groups excluding carboxylic acids is 2. The summed E-state index contributed by atoms with van der Waals surface area (Å²) >= 11 is 0. The molecule has 2 amide bonds. The second-order valence-corrected chi connectivity index (χ2v) is 17.4. The third-order valence-corrected chi connectivity index (χ3v) is 10.7. The first-order valence-electron chi connectivity index (χ1n) is 23.9. The molecule has 15 nitrogen and oxygen atoms in total. The van der Waals surface area contributed by atoms with Gasteiger partial charge in [-0.2, -0.15) is 10.2 Å². The van der Waals surface area contributed by atoms with Gasteiger partial charge in [-0.1, -0.05) is 52.0 Å². The van der Waals surface area contributed by atoms with Gasteiger partial charge in [-0.3, -0.25) is 19.0 Å². The van der Waals surface area contributed by atoms with Gasteiger partial charge >= 0.3 is 0 Å². The lowest BCUT2D eigenvalue weighted by atomic mass is 9.93. The van der Waals surface area contributed by atoms with Crippen molar-refractivity contribution in [3.63, 3.8) is 0 Å². The zero-order valence-corrected chi connectivity index (χ0v) is 40.5. The van der Waals surface area contributed by atoms with Crippen LogP contribution in [0.2, 0.25) is 0 Å². The Balaban J connectivity index is 0.00000793. The van der Waals surface area contributed by atoms with Gasteiger partial charge in [-0.05, 0) is 97.9 Å². The van der Waals surface area contributed by atoms with E-state index in [0.717, 1.165) is 48.3 Å². The molecule has 0 fully saturated rings. The Hall–Kier alpha value is -4.48. The van der Waals surface area contributed by atoms with Crippen LogP contribution in [0.5, 0.6) is 0 Å². The third-order valence-electron chi connectivity index (χ3n) is 10.7. The summed E-state index contributed by atoms with van der Waals surface area (Å²) in [5.41, 5.74) is 5.18. The first-order valence-corrected chi connectivity index (χ1v) is 23.9. The number of nitrogens with one attached hydrogen (secondary N) is 2. The fourth-order valence-electron chi connectivity index (χ4n) is 7.09. The molecule has 2 aromatic carbocycles. The molecule has 0 radical (unpaired) electrons. The standard InChI is InChI=1S/C51H78N6O9.2H2/c1-40(2)9-7-21-60-25-29-64-31-27-62-23-19-52-50(58)46-15-11-44(12-16-46)48(56-38-42(5)36-54-56)35-49(57-39-43(6)37-55-57)45-13-17-47(18-14-45)51(59)53-20-24-63-28-32-66-34-33-65-30-26-61-22-8-10-41(3)4;;/h11-18,36-41,48-49H,7-10,19-35H2,1-6H3,(H,52,58)(H,53,59);2*1H. The molecule has 2 atom stereocenters. The Labute approximate surface area is 396 Å². The summed E-state index contributed by atoms with van der Waals surface area (Å²) in [7, 11) is 0. The normalized spacial score (nSPS) is 12.5. The first kappa shape index (κ1) is 54.1. The van der Waals surface area contributed by atoms with Gasteiger partial charge < -0.3 is 43.8 Å². The summed E-state index contributed by atoms with van der Waals surface area (Å²) in [6, 6.07) is 14.9. The number of carbonyl (C=O) groups is 2. The molecule has 0 saturated carbocycles. The highest BCUT2D eigenvalue weighted by molar-refractivity contribution is 5.94. The number of aromatic nitrogens is 4. The van der Waals surface area contributed by atoms with Crippen molar-refractivity contribution in [2.75, 3.05) is 106 Å². The lowest BCUT2D eigenvalue weighted by Crippen LogP contribution is -2.28. The summed E-state index contributed by atoms with van der Waals surface area (Å²) in [6.07, 6.45) is 12.8. The lowest BCUT2D eigenvalue weighted by Gasteiger charge is -2.26. The fraction of sp³-hybridized carbons (Fsp3) is 0.608. The van der Waals surface area contributed by atoms with Crippen LogP contribution in [0.1, 0.15) is 118 Å². The highest BCUT2D eigenvalue weighted by atomic mass is 16.6. The van der Waals surface area contributed by atoms with Gasteiger partial charge in [0.2, 0.25) is 0 Å². The molecule has 4 aromatic rings. The van der Waals surface area contributed by atoms with Gasteiger partial charge in [-0.15, -0.1) is 0 Å². The van der Waals surface area contributed by atoms with Crippen LogP contribution in [-0.4, -0.2) is 137 Å². The first-order chi connectivity index (χ1) is 32.1. The molecule has 0 spiro atoms. The number of hydrogen-bond donors (Lipinski definition) is 2. The van der Waals surface area contributed by atoms with Crippen molar-refractivity contribution in [3.8, 4) is 0 Å². The topological polar surface area (TPSA) is 158 Å². The molecule has 0 saturated heterocycles. The van der Waals surface area contributed by atoms with Crippen molar-refractivity contribution in [1.82, 2.24) is 30.2 Å². The molecular formula is C51H82N6O9. The number of nitrogens with zero attached hydrogens (tertiary/aromatic N) is 4. The molecule has 0 aliphatic carbocycles. The molecular weight excluding hydrogens is 841 g/mol. The number of aryl methyl sites for hydroxylation is 2. The number of ether oxygens (including phenoxy) is 7. The largest absolute Gasteiger partial charge is 0.379 e. The summed E-state index contributed by atoms with van der Waals surface area (Å²) in [5.74, 6) is 1.05. The maximum absolute atomic E-state index is 13.1. The average Bonchev–Trinajstić information content (AvgIpc) is 3.95. The minimum Gasteiger partial charge on any atom is -0.379 e. The van der Waals surface area contributed by atoms with Crippen LogP contribution in [0.3, 0.4) is 0 Å². The molecule has 66 heavy (non-hydrogen) atoms. The molecule has 0 bridgehead atoms. The van der Waals surface area contributed by atoms with Gasteiger partial charge in [0, 0.05) is 59.1 Å². The van der Waals surface area contributed by atoms with Crippen LogP contribution in [0.15, 0.2) is 73.3 Å². The summed E-state index contributed by atoms with van der Waals surface area (Å²) < 4.78 is 43.1. The van der Waals surface area contributed by atoms with Gasteiger partial charge in [-0.25, -0.2) is 0 Å². The van der Waals surface area contributed by atoms with E-state index in [0.29, 0.717) is 122 Å². The quantitative estimate of drug-likeness (QED) is 0.0424. The zero-order chi connectivity index (χ0) is 47.2. The third kappa shape index (κ3) is 21.9. The molecule has 2 unspecified atom stereocenters. The van der Waals surface area contributed by atoms with Gasteiger partial charge in [0.15, 0.2) is 0 Å². The van der Waals surface area contributed by atoms with Crippen molar-refractivity contribution in [3.05, 3.63) is 107 Å². The Bertz CT molecular complexity index is 1900. The second-order valence-electron chi connectivity index (χ2n) is 17.4. The van der Waals surface area contributed by atoms with Crippen molar-refractivity contribution in [2.45, 2.75) is 85.7 Å². The molecule has 0 aliphatic rings. The maximum Gasteiger partial charge on any atom is 0.251 e. The van der Waals surface area contributed by atoms with E-state index < -0.39 is 0 Å². The zero-order valence-electron chi connectivity index (χ0n) is 40.5. The molecule has 2 heterocycles. The summed E-state index contributed by atoms with van der Waals surface area (Å²) in [4.78, 5) is 26.1. The highest BCUT2D eigenvalue weighted by Crippen LogP contribution is 2.33. The van der Waals surface area contributed by atoms with Crippen LogP contribution < -0.4 is 10.6 Å². The molecule has 15 heteroatoms. The Kier molecular flexibility index (Phi) is 26.5. The van der Waals surface area contributed by atoms with Crippen LogP contribution in [0, 0.1) is 25.7 Å². The molecule has 2 N–H and O–H groups in total. The van der Waals surface area contributed by atoms with Crippen molar-refractivity contribution in [1.29, 1.82) is 0 Å². The van der Waals surface area contributed by atoms with Crippen LogP contribution >= 0.6 is 0 Å². The van der Waals surface area contributed by atoms with Crippen molar-refractivity contribution in [2.24, 2.45) is 11.8 Å². The van der Waals surface area contributed by atoms with E-state index in [-0.39, 0.29) is 26.8 Å². The van der Waals surface area contributed by atoms with Gasteiger partial charge in [0.05, 0.1) is 104 Å². The number of hydrogen-bond acceptors (Lipinski definition) is 11. The maximum atomic E-state index is 13.1. The molecule has 4 rings (SSSR count). The lowest BCUT2D eigenvalue weighted by molar-refractivity contribution is -0.00189. The molecule has 2 aromatic heterocycles. The minimum atomic E-state index is -0.188. The number of rotatable bonds is 37. The smallest absolute Gasteiger partial charge is 0.251 e. The average molecular weight is 923 g/mol. The Morgan fingerprint density at radius 3 is 1.12 bits per heavy atom. The highest BCUT2D eigenvalue weighted by Gasteiger charge is 2.25. The fourth-order valence-corrected chi connectivity index (χ4v) is 7.09. The predicted molar refractivity (Wildman–Crippen MR) is 260 cm³/mol. The summed E-state index contributed by atoms with van der Waals surface area (Å²) in [5, 5.41) is 15.3. The van der Waals surface area contributed by atoms with Gasteiger partial charge in [0.1, 0.15) is 0 Å². The Morgan fingerprint density at radius 2 is 0.818 bits per heavy atom. The molecule has 370 valence electrons. The number of amides is 2. The van der Waals surface area contributed by atoms with Crippen LogP contribution in [0.4, 0.5) is 0 Å². The van der Waals surface area contributed by atoms with E-state index in [2.05, 4.69) is 38.3 Å². The van der Waals surface area contributed by atoms with E-state index in [1.54, 1.807) is 0 Å². The monoisotopic (exact) mass is 923 g/mol. The van der Waals surface area contributed by atoms with E-state index >= 15 is 0 Å². The molecule has 0 aliphatic heterocycles. The SMILES string of the molecule is Cc1cnn(C(CC(c2ccc(C(=O)NCCOCCOCCOCCOCCCC(C)C)cc2)n2cc(C)cn2)c2ccc(C(=O)NCCOCCOCCOCCCC(C)C)cc2)c1.[HH].[HH]. The van der Waals surface area contributed by atoms with E-state index in [1.807, 2.05) is 96.5 Å². The van der Waals surface area contributed by atoms with Crippen LogP contribution in [0.25, 0.3) is 0 Å². The van der Waals surface area contributed by atoms with E-state index in [9.17, 15) is 9.59 Å². The van der Waals surface area contributed by atoms with Gasteiger partial charge in [0.25, 0.3) is 11.8 Å². The van der Waals surface area contributed by atoms with Crippen molar-refractivity contribution >= 4 is 11.8 Å². The predicted octanol–water partition coefficient (Wildman–Crippen LogP) is 7.91. The Morgan fingerprint density at radius 1 is 0.500 bits per heavy atom. The summed E-state index contributed by atoms with van der Waals surface area (Å²) in [6.45, 7) is 21.1.